The van der Waals surface area contributed by atoms with Crippen molar-refractivity contribution in [1.29, 1.82) is 0 Å². The van der Waals surface area contributed by atoms with Crippen LogP contribution in [0.5, 0.6) is 11.5 Å². The minimum Gasteiger partial charge on any atom is -0.487 e. The van der Waals surface area contributed by atoms with Crippen molar-refractivity contribution in [2.24, 2.45) is 7.05 Å². The molecule has 0 aliphatic heterocycles. The van der Waals surface area contributed by atoms with E-state index < -0.39 is 46.7 Å². The van der Waals surface area contributed by atoms with E-state index in [2.05, 4.69) is 0 Å². The van der Waals surface area contributed by atoms with Crippen LogP contribution in [0.25, 0.3) is 5.69 Å². The number of alkyl halides is 3. The highest BCUT2D eigenvalue weighted by molar-refractivity contribution is 6.32. The Kier molecular flexibility index (Phi) is 8.32. The molecular weight excluding hydrogens is 524 g/mol. The van der Waals surface area contributed by atoms with Gasteiger partial charge in [-0.15, -0.1) is 0 Å². The van der Waals surface area contributed by atoms with Crippen LogP contribution >= 0.6 is 11.6 Å². The van der Waals surface area contributed by atoms with E-state index in [-0.39, 0.29) is 44.9 Å². The molecule has 0 spiro atoms. The zero-order chi connectivity index (χ0) is 27.5. The maximum absolute atomic E-state index is 14.7. The van der Waals surface area contributed by atoms with Crippen LogP contribution in [0, 0.1) is 5.82 Å². The van der Waals surface area contributed by atoms with E-state index in [0.29, 0.717) is 5.56 Å². The van der Waals surface area contributed by atoms with E-state index in [0.717, 1.165) is 19.2 Å². The van der Waals surface area contributed by atoms with E-state index in [1.807, 2.05) is 0 Å². The summed E-state index contributed by atoms with van der Waals surface area (Å²) < 4.78 is 70.8. The van der Waals surface area contributed by atoms with Crippen molar-refractivity contribution < 1.29 is 36.6 Å². The van der Waals surface area contributed by atoms with Gasteiger partial charge in [0.15, 0.2) is 6.10 Å². The lowest BCUT2D eigenvalue weighted by molar-refractivity contribution is -0.150. The second-order valence-electron chi connectivity index (χ2n) is 7.69. The maximum atomic E-state index is 14.7. The number of benzene rings is 2. The number of esters is 1. The Labute approximate surface area is 212 Å². The molecule has 1 atom stereocenters. The smallest absolute Gasteiger partial charge is 0.431 e. The van der Waals surface area contributed by atoms with Crippen LogP contribution in [0.15, 0.2) is 52.1 Å². The van der Waals surface area contributed by atoms with Gasteiger partial charge in [-0.25, -0.2) is 18.5 Å². The molecule has 0 fully saturated rings. The summed E-state index contributed by atoms with van der Waals surface area (Å²) in [4.78, 5) is 36.8. The Morgan fingerprint density at radius 2 is 1.78 bits per heavy atom. The predicted molar refractivity (Wildman–Crippen MR) is 125 cm³/mol. The summed E-state index contributed by atoms with van der Waals surface area (Å²) in [6, 6.07) is 8.42. The molecule has 37 heavy (non-hydrogen) atoms. The van der Waals surface area contributed by atoms with Crippen molar-refractivity contribution in [3.05, 3.63) is 85.4 Å². The van der Waals surface area contributed by atoms with Crippen LogP contribution in [0.1, 0.15) is 25.1 Å². The van der Waals surface area contributed by atoms with Gasteiger partial charge >= 0.3 is 17.8 Å². The second-order valence-corrected chi connectivity index (χ2v) is 8.09. The highest BCUT2D eigenvalue weighted by Crippen LogP contribution is 2.31. The minimum absolute atomic E-state index is 0.167. The molecule has 0 radical (unpaired) electrons. The summed E-state index contributed by atoms with van der Waals surface area (Å²) in [6.07, 6.45) is -5.90. The molecule has 1 unspecified atom stereocenters. The number of aromatic nitrogens is 2. The number of hydrogen-bond donors (Lipinski definition) is 0. The summed E-state index contributed by atoms with van der Waals surface area (Å²) >= 11 is 6.07. The summed E-state index contributed by atoms with van der Waals surface area (Å²) in [5.41, 5.74) is -4.49. The summed E-state index contributed by atoms with van der Waals surface area (Å²) in [7, 11) is 0.806. The Balaban J connectivity index is 1.95. The van der Waals surface area contributed by atoms with E-state index in [4.69, 9.17) is 25.8 Å². The van der Waals surface area contributed by atoms with Gasteiger partial charge in [-0.2, -0.15) is 13.2 Å². The first-order chi connectivity index (χ1) is 17.3. The lowest BCUT2D eigenvalue weighted by atomic mass is 10.2. The SMILES string of the molecule is CCOC(=O)C(C)Oc1ccccc1COc1cc(-n2c(=O)cc(C(F)(F)F)n(C)c2=O)c(F)cc1Cl. The van der Waals surface area contributed by atoms with Crippen molar-refractivity contribution in [3.8, 4) is 17.2 Å². The Morgan fingerprint density at radius 3 is 2.43 bits per heavy atom. The van der Waals surface area contributed by atoms with Crippen LogP contribution < -0.4 is 20.7 Å². The molecule has 0 N–H and O–H groups in total. The van der Waals surface area contributed by atoms with Gasteiger partial charge < -0.3 is 14.2 Å². The Bertz CT molecular complexity index is 1430. The molecule has 0 saturated carbocycles. The molecule has 8 nitrogen and oxygen atoms in total. The number of carbonyl (C=O) groups excluding carboxylic acids is 1. The van der Waals surface area contributed by atoms with Crippen molar-refractivity contribution in [2.75, 3.05) is 6.61 Å². The molecule has 0 amide bonds. The Morgan fingerprint density at radius 1 is 1.11 bits per heavy atom. The van der Waals surface area contributed by atoms with E-state index >= 15 is 0 Å². The first kappa shape index (κ1) is 27.8. The Hall–Kier alpha value is -3.80. The second kappa shape index (κ2) is 11.1. The summed E-state index contributed by atoms with van der Waals surface area (Å²) in [6.45, 7) is 3.13. The molecule has 0 saturated heterocycles. The predicted octanol–water partition coefficient (Wildman–Crippen LogP) is 4.26. The maximum Gasteiger partial charge on any atom is 0.431 e. The first-order valence-corrected chi connectivity index (χ1v) is 11.2. The average Bonchev–Trinajstić information content (AvgIpc) is 2.82. The molecule has 13 heteroatoms. The van der Waals surface area contributed by atoms with Gasteiger partial charge in [-0.1, -0.05) is 29.8 Å². The molecule has 0 bridgehead atoms. The molecule has 1 aromatic heterocycles. The largest absolute Gasteiger partial charge is 0.487 e. The number of hydrogen-bond acceptors (Lipinski definition) is 6. The summed E-state index contributed by atoms with van der Waals surface area (Å²) in [5, 5.41) is -0.226. The normalized spacial score (nSPS) is 12.2. The highest BCUT2D eigenvalue weighted by atomic mass is 35.5. The molecule has 2 aromatic carbocycles. The fourth-order valence-electron chi connectivity index (χ4n) is 3.31. The molecule has 0 aliphatic rings. The van der Waals surface area contributed by atoms with Gasteiger partial charge in [0, 0.05) is 24.7 Å². The number of rotatable bonds is 8. The third-order valence-electron chi connectivity index (χ3n) is 5.13. The summed E-state index contributed by atoms with van der Waals surface area (Å²) in [5.74, 6) is -1.59. The molecule has 0 aliphatic carbocycles. The van der Waals surface area contributed by atoms with Crippen LogP contribution in [0.3, 0.4) is 0 Å². The quantitative estimate of drug-likeness (QED) is 0.311. The van der Waals surface area contributed by atoms with E-state index in [1.54, 1.807) is 31.2 Å². The number of carbonyl (C=O) groups is 1. The molecular formula is C24H21ClF4N2O6. The lowest BCUT2D eigenvalue weighted by Gasteiger charge is -2.18. The van der Waals surface area contributed by atoms with Gasteiger partial charge in [-0.3, -0.25) is 9.36 Å². The first-order valence-electron chi connectivity index (χ1n) is 10.8. The fourth-order valence-corrected chi connectivity index (χ4v) is 3.52. The molecule has 198 valence electrons. The van der Waals surface area contributed by atoms with Gasteiger partial charge in [0.25, 0.3) is 5.56 Å². The van der Waals surface area contributed by atoms with Gasteiger partial charge in [0.05, 0.1) is 17.3 Å². The van der Waals surface area contributed by atoms with Crippen LogP contribution in [-0.2, 0) is 29.4 Å². The number of nitrogens with zero attached hydrogens (tertiary/aromatic N) is 2. The van der Waals surface area contributed by atoms with Crippen LogP contribution in [0.4, 0.5) is 17.6 Å². The molecule has 3 rings (SSSR count). The van der Waals surface area contributed by atoms with E-state index in [1.165, 1.54) is 6.92 Å². The van der Waals surface area contributed by atoms with Crippen LogP contribution in [-0.4, -0.2) is 27.8 Å². The van der Waals surface area contributed by atoms with Crippen LogP contribution in [0.2, 0.25) is 5.02 Å². The third kappa shape index (κ3) is 6.13. The number of halogens is 5. The topological polar surface area (TPSA) is 88.8 Å². The zero-order valence-electron chi connectivity index (χ0n) is 19.8. The zero-order valence-corrected chi connectivity index (χ0v) is 20.5. The minimum atomic E-state index is -4.97. The number of para-hydroxylation sites is 1. The standard InChI is InChI=1S/C24H21ClF4N2O6/c1-4-35-22(33)13(2)37-18-8-6-5-7-14(18)12-36-19-10-17(16(26)9-15(19)25)31-21(32)11-20(24(27,28)29)30(3)23(31)34/h5-11,13H,4,12H2,1-3H3. The fraction of sp³-hybridized carbons (Fsp3) is 0.292. The van der Waals surface area contributed by atoms with Crippen molar-refractivity contribution in [1.82, 2.24) is 9.13 Å². The van der Waals surface area contributed by atoms with Crippen molar-refractivity contribution in [3.63, 3.8) is 0 Å². The monoisotopic (exact) mass is 544 g/mol. The highest BCUT2D eigenvalue weighted by Gasteiger charge is 2.35. The molecule has 3 aromatic rings. The third-order valence-corrected chi connectivity index (χ3v) is 5.43. The van der Waals surface area contributed by atoms with Crippen molar-refractivity contribution in [2.45, 2.75) is 32.7 Å². The van der Waals surface area contributed by atoms with Gasteiger partial charge in [0.1, 0.15) is 29.6 Å². The van der Waals surface area contributed by atoms with Crippen molar-refractivity contribution >= 4 is 17.6 Å². The number of ether oxygens (including phenoxy) is 3. The van der Waals surface area contributed by atoms with Gasteiger partial charge in [0.2, 0.25) is 0 Å². The average molecular weight is 545 g/mol. The lowest BCUT2D eigenvalue weighted by Crippen LogP contribution is -2.41. The van der Waals surface area contributed by atoms with E-state index in [9.17, 15) is 31.9 Å². The van der Waals surface area contributed by atoms with Gasteiger partial charge in [-0.05, 0) is 26.0 Å². The molecule has 1 heterocycles.